The third-order valence-electron chi connectivity index (χ3n) is 3.18. The zero-order chi connectivity index (χ0) is 15.7. The molecule has 0 fully saturated rings. The summed E-state index contributed by atoms with van der Waals surface area (Å²) in [4.78, 5) is -0.155. The monoisotopic (exact) mass is 359 g/mol. The molecule has 1 aromatic heterocycles. The fraction of sp³-hybridized carbons (Fsp3) is 0.286. The van der Waals surface area contributed by atoms with Crippen LogP contribution in [0.1, 0.15) is 5.56 Å². The third kappa shape index (κ3) is 3.94. The first kappa shape index (κ1) is 17.5. The van der Waals surface area contributed by atoms with Gasteiger partial charge in [-0.25, -0.2) is 0 Å². The van der Waals surface area contributed by atoms with Gasteiger partial charge in [0.1, 0.15) is 19.0 Å². The van der Waals surface area contributed by atoms with Gasteiger partial charge in [-0.2, -0.15) is 8.42 Å². The Kier molecular flexibility index (Phi) is 5.15. The van der Waals surface area contributed by atoms with E-state index in [1.54, 1.807) is 6.92 Å². The van der Waals surface area contributed by atoms with Crippen molar-refractivity contribution in [3.63, 3.8) is 0 Å². The summed E-state index contributed by atoms with van der Waals surface area (Å²) in [6.07, 6.45) is -0.234. The number of rotatable bonds is 4. The van der Waals surface area contributed by atoms with Gasteiger partial charge < -0.3 is 20.4 Å². The molecule has 0 bridgehead atoms. The van der Waals surface area contributed by atoms with Crippen LogP contribution in [0.3, 0.4) is 0 Å². The second-order valence-corrected chi connectivity index (χ2v) is 7.03. The second-order valence-electron chi connectivity index (χ2n) is 4.86. The van der Waals surface area contributed by atoms with E-state index in [4.69, 9.17) is 18.8 Å². The summed E-state index contributed by atoms with van der Waals surface area (Å²) in [5, 5.41) is 3.75. The van der Waals surface area contributed by atoms with E-state index in [1.165, 1.54) is 29.5 Å². The zero-order valence-electron chi connectivity index (χ0n) is 12.4. The molecule has 0 saturated heterocycles. The lowest BCUT2D eigenvalue weighted by Gasteiger charge is -2.24. The molecule has 1 unspecified atom stereocenters. The van der Waals surface area contributed by atoms with E-state index in [9.17, 15) is 8.42 Å². The standard InChI is InChI=1S/C14H14O6S2.H3N/c1-9-4-11(22(15,16)17)2-3-12(9)18-5-10-6-19-13-7-21-8-14(13)20-10;/h2-4,7-8,10H,5-6H2,1H3,(H,15,16,17);1H3. The van der Waals surface area contributed by atoms with Crippen molar-refractivity contribution in [3.05, 3.63) is 34.5 Å². The minimum atomic E-state index is -4.20. The van der Waals surface area contributed by atoms with E-state index >= 15 is 0 Å². The highest BCUT2D eigenvalue weighted by molar-refractivity contribution is 7.85. The van der Waals surface area contributed by atoms with Gasteiger partial charge in [0, 0.05) is 10.8 Å². The maximum atomic E-state index is 11.1. The summed E-state index contributed by atoms with van der Waals surface area (Å²) in [6.45, 7) is 2.38. The Morgan fingerprint density at radius 3 is 2.78 bits per heavy atom. The molecule has 2 aromatic rings. The molecule has 0 radical (unpaired) electrons. The Morgan fingerprint density at radius 2 is 2.09 bits per heavy atom. The van der Waals surface area contributed by atoms with Gasteiger partial charge in [0.05, 0.1) is 4.90 Å². The van der Waals surface area contributed by atoms with E-state index in [0.29, 0.717) is 23.7 Å². The van der Waals surface area contributed by atoms with Crippen LogP contribution in [0.15, 0.2) is 33.9 Å². The average Bonchev–Trinajstić information content (AvgIpc) is 2.92. The quantitative estimate of drug-likeness (QED) is 0.806. The summed E-state index contributed by atoms with van der Waals surface area (Å²) in [7, 11) is -4.20. The summed E-state index contributed by atoms with van der Waals surface area (Å²) in [6, 6.07) is 4.17. The molecular weight excluding hydrogens is 342 g/mol. The van der Waals surface area contributed by atoms with Crippen molar-refractivity contribution in [2.75, 3.05) is 13.2 Å². The molecule has 0 aliphatic carbocycles. The minimum absolute atomic E-state index is 0. The highest BCUT2D eigenvalue weighted by atomic mass is 32.2. The van der Waals surface area contributed by atoms with Crippen LogP contribution in [-0.2, 0) is 10.1 Å². The summed E-state index contributed by atoms with van der Waals surface area (Å²) >= 11 is 1.51. The number of hydrogen-bond donors (Lipinski definition) is 2. The van der Waals surface area contributed by atoms with Crippen LogP contribution < -0.4 is 20.4 Å². The molecule has 9 heteroatoms. The number of aryl methyl sites for hydroxylation is 1. The van der Waals surface area contributed by atoms with Gasteiger partial charge in [-0.15, -0.1) is 11.3 Å². The van der Waals surface area contributed by atoms with Crippen LogP contribution in [0.2, 0.25) is 0 Å². The van der Waals surface area contributed by atoms with Crippen molar-refractivity contribution in [2.24, 2.45) is 0 Å². The summed E-state index contributed by atoms with van der Waals surface area (Å²) in [5.74, 6) is 1.99. The molecule has 1 aliphatic rings. The predicted octanol–water partition coefficient (Wildman–Crippen LogP) is 2.68. The normalized spacial score (nSPS) is 16.5. The van der Waals surface area contributed by atoms with Gasteiger partial charge in [-0.05, 0) is 30.7 Å². The topological polar surface area (TPSA) is 117 Å². The van der Waals surface area contributed by atoms with Crippen molar-refractivity contribution in [3.8, 4) is 17.2 Å². The summed E-state index contributed by atoms with van der Waals surface area (Å²) in [5.41, 5.74) is 0.614. The number of fused-ring (bicyclic) bond motifs is 1. The van der Waals surface area contributed by atoms with Crippen LogP contribution in [-0.4, -0.2) is 32.3 Å². The zero-order valence-corrected chi connectivity index (χ0v) is 14.0. The van der Waals surface area contributed by atoms with Crippen molar-refractivity contribution in [1.29, 1.82) is 0 Å². The van der Waals surface area contributed by atoms with Crippen LogP contribution in [0, 0.1) is 6.92 Å². The Morgan fingerprint density at radius 1 is 1.35 bits per heavy atom. The Bertz CT molecular complexity index is 786. The van der Waals surface area contributed by atoms with Gasteiger partial charge in [-0.1, -0.05) is 0 Å². The van der Waals surface area contributed by atoms with E-state index in [1.807, 2.05) is 10.8 Å². The SMILES string of the molecule is Cc1cc(S(=O)(=O)O)ccc1OCC1COc2cscc2O1.N. The Balaban J connectivity index is 0.00000192. The molecular formula is C14H17NO6S2. The molecule has 7 nitrogen and oxygen atoms in total. The van der Waals surface area contributed by atoms with Crippen molar-refractivity contribution in [1.82, 2.24) is 6.15 Å². The number of thiophene rings is 1. The van der Waals surface area contributed by atoms with Crippen molar-refractivity contribution < 1.29 is 27.2 Å². The van der Waals surface area contributed by atoms with Gasteiger partial charge >= 0.3 is 0 Å². The fourth-order valence-electron chi connectivity index (χ4n) is 2.07. The van der Waals surface area contributed by atoms with Gasteiger partial charge in [0.25, 0.3) is 10.1 Å². The smallest absolute Gasteiger partial charge is 0.294 e. The van der Waals surface area contributed by atoms with Crippen molar-refractivity contribution >= 4 is 21.5 Å². The van der Waals surface area contributed by atoms with Crippen LogP contribution in [0.5, 0.6) is 17.2 Å². The lowest BCUT2D eigenvalue weighted by Crippen LogP contribution is -2.34. The molecule has 4 N–H and O–H groups in total. The number of hydrogen-bond acceptors (Lipinski definition) is 7. The molecule has 1 atom stereocenters. The molecule has 0 saturated carbocycles. The number of ether oxygens (including phenoxy) is 3. The van der Waals surface area contributed by atoms with Crippen LogP contribution in [0.25, 0.3) is 0 Å². The maximum Gasteiger partial charge on any atom is 0.294 e. The first-order valence-electron chi connectivity index (χ1n) is 6.50. The molecule has 2 heterocycles. The lowest BCUT2D eigenvalue weighted by atomic mass is 10.2. The minimum Gasteiger partial charge on any atom is -0.489 e. The summed E-state index contributed by atoms with van der Waals surface area (Å²) < 4.78 is 48.1. The number of benzene rings is 1. The maximum absolute atomic E-state index is 11.1. The van der Waals surface area contributed by atoms with E-state index in [-0.39, 0.29) is 23.8 Å². The Labute approximate surface area is 138 Å². The molecule has 3 rings (SSSR count). The lowest BCUT2D eigenvalue weighted by molar-refractivity contribution is 0.0544. The predicted molar refractivity (Wildman–Crippen MR) is 85.7 cm³/mol. The molecule has 126 valence electrons. The second kappa shape index (κ2) is 6.75. The highest BCUT2D eigenvalue weighted by Crippen LogP contribution is 2.35. The van der Waals surface area contributed by atoms with Crippen LogP contribution >= 0.6 is 11.3 Å². The van der Waals surface area contributed by atoms with E-state index < -0.39 is 10.1 Å². The third-order valence-corrected chi connectivity index (χ3v) is 4.73. The van der Waals surface area contributed by atoms with E-state index in [2.05, 4.69) is 0 Å². The first-order chi connectivity index (χ1) is 10.4. The first-order valence-corrected chi connectivity index (χ1v) is 8.88. The molecule has 23 heavy (non-hydrogen) atoms. The van der Waals surface area contributed by atoms with Gasteiger partial charge in [0.15, 0.2) is 17.6 Å². The molecule has 1 aromatic carbocycles. The fourth-order valence-corrected chi connectivity index (χ4v) is 3.31. The molecule has 0 spiro atoms. The van der Waals surface area contributed by atoms with Crippen molar-refractivity contribution in [2.45, 2.75) is 17.9 Å². The largest absolute Gasteiger partial charge is 0.489 e. The highest BCUT2D eigenvalue weighted by Gasteiger charge is 2.22. The van der Waals surface area contributed by atoms with E-state index in [0.717, 1.165) is 5.75 Å². The molecule has 1 aliphatic heterocycles. The van der Waals surface area contributed by atoms with Gasteiger partial charge in [0.2, 0.25) is 0 Å². The van der Waals surface area contributed by atoms with Crippen LogP contribution in [0.4, 0.5) is 0 Å². The van der Waals surface area contributed by atoms with Gasteiger partial charge in [-0.3, -0.25) is 4.55 Å². The Hall–Kier alpha value is -1.81. The average molecular weight is 359 g/mol. The molecule has 0 amide bonds.